The van der Waals surface area contributed by atoms with Crippen LogP contribution in [0.4, 0.5) is 0 Å². The van der Waals surface area contributed by atoms with Gasteiger partial charge in [-0.1, -0.05) is 0 Å². The standard InChI is InChI=1S/C20H36N2O2Se2/c21-17-19(23)13-9-5-1-3-7-11-15-25-26-16-12-8-4-2-6-10-14-20(24)18-22/h19-20,23-24H,1-16H2. The van der Waals surface area contributed by atoms with Crippen LogP contribution in [0.25, 0.3) is 0 Å². The number of unbranched alkanes of at least 4 members (excludes halogenated alkanes) is 10. The van der Waals surface area contributed by atoms with Crippen molar-refractivity contribution in [2.75, 3.05) is 0 Å². The van der Waals surface area contributed by atoms with Gasteiger partial charge in [-0.25, -0.2) is 0 Å². The fourth-order valence-corrected chi connectivity index (χ4v) is 9.64. The average Bonchev–Trinajstić information content (AvgIpc) is 2.66. The molecule has 4 nitrogen and oxygen atoms in total. The predicted molar refractivity (Wildman–Crippen MR) is 109 cm³/mol. The van der Waals surface area contributed by atoms with Crippen molar-refractivity contribution in [3.05, 3.63) is 0 Å². The molecule has 150 valence electrons. The average molecular weight is 494 g/mol. The summed E-state index contributed by atoms with van der Waals surface area (Å²) < 4.78 is 0. The van der Waals surface area contributed by atoms with Crippen LogP contribution < -0.4 is 0 Å². The first-order chi connectivity index (χ1) is 12.7. The Kier molecular flexibility index (Phi) is 21.2. The summed E-state index contributed by atoms with van der Waals surface area (Å²) >= 11 is 1.77. The molecular weight excluding hydrogens is 458 g/mol. The molecule has 0 fully saturated rings. The molecule has 2 unspecified atom stereocenters. The summed E-state index contributed by atoms with van der Waals surface area (Å²) in [5.74, 6) is 0. The second kappa shape index (κ2) is 21.2. The normalized spacial score (nSPS) is 13.1. The third-order valence-electron chi connectivity index (χ3n) is 4.29. The molecule has 0 rings (SSSR count). The molecule has 0 amide bonds. The Labute approximate surface area is 171 Å². The van der Waals surface area contributed by atoms with Gasteiger partial charge in [0.2, 0.25) is 0 Å². The maximum atomic E-state index is 9.13. The molecule has 0 saturated carbocycles. The van der Waals surface area contributed by atoms with Gasteiger partial charge in [0.25, 0.3) is 0 Å². The molecule has 0 aliphatic heterocycles. The molecular formula is C20H36N2O2Se2. The Morgan fingerprint density at radius 3 is 1.19 bits per heavy atom. The fraction of sp³-hybridized carbons (Fsp3) is 0.900. The predicted octanol–water partition coefficient (Wildman–Crippen LogP) is 4.38. The Balaban J connectivity index is 3.05. The molecule has 0 spiro atoms. The molecule has 0 aliphatic rings. The van der Waals surface area contributed by atoms with Gasteiger partial charge < -0.3 is 0 Å². The summed E-state index contributed by atoms with van der Waals surface area (Å²) in [4.78, 5) is 0. The van der Waals surface area contributed by atoms with Crippen molar-refractivity contribution in [2.45, 2.75) is 113 Å². The Hall–Kier alpha value is -0.0610. The van der Waals surface area contributed by atoms with Crippen LogP contribution in [-0.2, 0) is 0 Å². The van der Waals surface area contributed by atoms with Crippen LogP contribution >= 0.6 is 0 Å². The van der Waals surface area contributed by atoms with E-state index in [9.17, 15) is 0 Å². The summed E-state index contributed by atoms with van der Waals surface area (Å²) in [6.45, 7) is 0. The number of aliphatic hydroxyl groups is 2. The molecule has 2 N–H and O–H groups in total. The van der Waals surface area contributed by atoms with Gasteiger partial charge in [0, 0.05) is 0 Å². The molecule has 0 aliphatic carbocycles. The van der Waals surface area contributed by atoms with E-state index < -0.39 is 12.2 Å². The summed E-state index contributed by atoms with van der Waals surface area (Å²) in [6.07, 6.45) is 14.5. The topological polar surface area (TPSA) is 88.0 Å². The minimum atomic E-state index is -0.761. The molecule has 0 heterocycles. The molecule has 0 radical (unpaired) electrons. The zero-order chi connectivity index (χ0) is 19.3. The number of nitriles is 2. The zero-order valence-electron chi connectivity index (χ0n) is 16.1. The summed E-state index contributed by atoms with van der Waals surface area (Å²) in [5, 5.41) is 38.1. The van der Waals surface area contributed by atoms with Crippen molar-refractivity contribution in [3.63, 3.8) is 0 Å². The Morgan fingerprint density at radius 1 is 0.538 bits per heavy atom. The number of hydrogen-bond acceptors (Lipinski definition) is 4. The van der Waals surface area contributed by atoms with E-state index in [1.54, 1.807) is 0 Å². The monoisotopic (exact) mass is 496 g/mol. The molecule has 0 aromatic carbocycles. The van der Waals surface area contributed by atoms with E-state index >= 15 is 0 Å². The Bertz CT molecular complexity index is 347. The first-order valence-corrected chi connectivity index (χ1v) is 16.9. The van der Waals surface area contributed by atoms with Gasteiger partial charge >= 0.3 is 172 Å². The molecule has 26 heavy (non-hydrogen) atoms. The van der Waals surface area contributed by atoms with E-state index in [0.717, 1.165) is 51.9 Å². The third kappa shape index (κ3) is 20.3. The van der Waals surface area contributed by atoms with E-state index in [1.165, 1.54) is 62.0 Å². The van der Waals surface area contributed by atoms with E-state index in [-0.39, 0.29) is 0 Å². The van der Waals surface area contributed by atoms with E-state index in [1.807, 2.05) is 12.1 Å². The molecule has 0 bridgehead atoms. The van der Waals surface area contributed by atoms with Crippen molar-refractivity contribution in [1.82, 2.24) is 0 Å². The van der Waals surface area contributed by atoms with Gasteiger partial charge in [0.1, 0.15) is 0 Å². The fourth-order valence-electron chi connectivity index (χ4n) is 2.66. The van der Waals surface area contributed by atoms with Crippen molar-refractivity contribution in [1.29, 1.82) is 10.5 Å². The van der Waals surface area contributed by atoms with E-state index in [4.69, 9.17) is 20.7 Å². The molecule has 0 aromatic rings. The van der Waals surface area contributed by atoms with E-state index in [0.29, 0.717) is 12.8 Å². The SMILES string of the molecule is N#CC(O)CCCCCCCC[Se][Se]CCCCCCCCC(O)C#N. The summed E-state index contributed by atoms with van der Waals surface area (Å²) in [7, 11) is 0. The van der Waals surface area contributed by atoms with Crippen LogP contribution in [0.15, 0.2) is 0 Å². The number of aliphatic hydroxyl groups excluding tert-OH is 2. The van der Waals surface area contributed by atoms with Gasteiger partial charge in [0.05, 0.1) is 0 Å². The number of hydrogen-bond donors (Lipinski definition) is 2. The van der Waals surface area contributed by atoms with Crippen LogP contribution in [0.5, 0.6) is 0 Å². The summed E-state index contributed by atoms with van der Waals surface area (Å²) in [5.41, 5.74) is 0. The molecule has 0 aromatic heterocycles. The third-order valence-corrected chi connectivity index (χ3v) is 12.0. The van der Waals surface area contributed by atoms with Crippen LogP contribution in [0.2, 0.25) is 10.6 Å². The van der Waals surface area contributed by atoms with Gasteiger partial charge in [-0.2, -0.15) is 0 Å². The van der Waals surface area contributed by atoms with Gasteiger partial charge in [0.15, 0.2) is 0 Å². The molecule has 0 saturated heterocycles. The van der Waals surface area contributed by atoms with Crippen LogP contribution in [0, 0.1) is 22.7 Å². The number of rotatable bonds is 19. The van der Waals surface area contributed by atoms with Crippen LogP contribution in [-0.4, -0.2) is 48.7 Å². The second-order valence-electron chi connectivity index (χ2n) is 6.75. The summed E-state index contributed by atoms with van der Waals surface area (Å²) in [6, 6.07) is 3.73. The van der Waals surface area contributed by atoms with Crippen LogP contribution in [0.3, 0.4) is 0 Å². The van der Waals surface area contributed by atoms with E-state index in [2.05, 4.69) is 0 Å². The second-order valence-corrected chi connectivity index (χ2v) is 14.6. The van der Waals surface area contributed by atoms with Crippen LogP contribution in [0.1, 0.15) is 89.9 Å². The van der Waals surface area contributed by atoms with Crippen molar-refractivity contribution in [2.24, 2.45) is 0 Å². The quantitative estimate of drug-likeness (QED) is 0.159. The van der Waals surface area contributed by atoms with Gasteiger partial charge in [-0.15, -0.1) is 0 Å². The zero-order valence-corrected chi connectivity index (χ0v) is 19.5. The van der Waals surface area contributed by atoms with Gasteiger partial charge in [-0.3, -0.25) is 0 Å². The Morgan fingerprint density at radius 2 is 0.846 bits per heavy atom. The number of nitrogens with zero attached hydrogens (tertiary/aromatic N) is 2. The van der Waals surface area contributed by atoms with Crippen molar-refractivity contribution >= 4 is 26.3 Å². The van der Waals surface area contributed by atoms with Crippen molar-refractivity contribution < 1.29 is 10.2 Å². The first kappa shape index (κ1) is 25.9. The minimum absolute atomic E-state index is 0.631. The molecule has 6 heteroatoms. The van der Waals surface area contributed by atoms with Crippen molar-refractivity contribution in [3.8, 4) is 12.1 Å². The van der Waals surface area contributed by atoms with Gasteiger partial charge in [-0.05, 0) is 0 Å². The molecule has 2 atom stereocenters. The maximum absolute atomic E-state index is 9.13. The first-order valence-electron chi connectivity index (χ1n) is 10.1.